The van der Waals surface area contributed by atoms with E-state index in [0.717, 1.165) is 24.4 Å². The molecule has 0 radical (unpaired) electrons. The Morgan fingerprint density at radius 1 is 0.875 bits per heavy atom. The minimum atomic E-state index is -4.89. The number of carbonyl (C=O) groups is 1. The molecule has 0 amide bonds. The third-order valence-corrected chi connectivity index (χ3v) is 5.29. The van der Waals surface area contributed by atoms with E-state index in [4.69, 9.17) is 4.74 Å². The summed E-state index contributed by atoms with van der Waals surface area (Å²) in [5, 5.41) is 2.39. The molecule has 4 nitrogen and oxygen atoms in total. The van der Waals surface area contributed by atoms with E-state index in [1.54, 1.807) is 60.7 Å². The van der Waals surface area contributed by atoms with E-state index in [-0.39, 0.29) is 10.8 Å². The zero-order valence-corrected chi connectivity index (χ0v) is 17.9. The van der Waals surface area contributed by atoms with Crippen molar-refractivity contribution < 1.29 is 27.4 Å². The first-order valence-electron chi connectivity index (χ1n) is 9.53. The second kappa shape index (κ2) is 10.8. The molecular formula is C24H20F3NO3S. The summed E-state index contributed by atoms with van der Waals surface area (Å²) in [6.07, 6.45) is -4.89. The molecule has 0 bridgehead atoms. The van der Waals surface area contributed by atoms with Crippen LogP contribution < -0.4 is 10.1 Å². The van der Waals surface area contributed by atoms with E-state index >= 15 is 0 Å². The van der Waals surface area contributed by atoms with E-state index < -0.39 is 17.7 Å². The van der Waals surface area contributed by atoms with Crippen LogP contribution in [0.5, 0.6) is 11.5 Å². The number of para-hydroxylation sites is 1. The van der Waals surface area contributed by atoms with Gasteiger partial charge in [0, 0.05) is 11.4 Å². The lowest BCUT2D eigenvalue weighted by molar-refractivity contribution is -0.148. The molecule has 166 valence electrons. The van der Waals surface area contributed by atoms with Crippen LogP contribution in [0.15, 0.2) is 95.5 Å². The van der Waals surface area contributed by atoms with Gasteiger partial charge in [-0.25, -0.2) is 4.79 Å². The number of carbonyl (C=O) groups excluding carboxylic acids is 1. The summed E-state index contributed by atoms with van der Waals surface area (Å²) >= 11 is 0.871. The first-order valence-corrected chi connectivity index (χ1v) is 10.5. The minimum Gasteiger partial charge on any atom is -0.465 e. The molecule has 0 fully saturated rings. The Morgan fingerprint density at radius 2 is 1.44 bits per heavy atom. The van der Waals surface area contributed by atoms with Gasteiger partial charge in [0.2, 0.25) is 0 Å². The fraction of sp³-hybridized carbons (Fsp3) is 0.125. The quantitative estimate of drug-likeness (QED) is 0.298. The Labute approximate surface area is 188 Å². The van der Waals surface area contributed by atoms with Gasteiger partial charge in [-0.05, 0) is 42.0 Å². The normalized spacial score (nSPS) is 12.0. The highest BCUT2D eigenvalue weighted by molar-refractivity contribution is 8.02. The number of esters is 1. The van der Waals surface area contributed by atoms with Gasteiger partial charge in [-0.3, -0.25) is 0 Å². The van der Waals surface area contributed by atoms with Crippen molar-refractivity contribution in [1.29, 1.82) is 0 Å². The second-order valence-corrected chi connectivity index (χ2v) is 7.52. The van der Waals surface area contributed by atoms with Gasteiger partial charge in [-0.2, -0.15) is 13.2 Å². The predicted octanol–water partition coefficient (Wildman–Crippen LogP) is 6.77. The van der Waals surface area contributed by atoms with Gasteiger partial charge >= 0.3 is 12.1 Å². The zero-order chi connectivity index (χ0) is 23.0. The van der Waals surface area contributed by atoms with Gasteiger partial charge in [-0.15, -0.1) is 11.8 Å². The van der Waals surface area contributed by atoms with Crippen molar-refractivity contribution >= 4 is 23.4 Å². The Bertz CT molecular complexity index is 1050. The first-order chi connectivity index (χ1) is 15.4. The highest BCUT2D eigenvalue weighted by Crippen LogP contribution is 2.36. The lowest BCUT2D eigenvalue weighted by Crippen LogP contribution is -2.25. The molecule has 0 atom stereocenters. The predicted molar refractivity (Wildman–Crippen MR) is 119 cm³/mol. The van der Waals surface area contributed by atoms with Crippen LogP contribution in [-0.4, -0.2) is 19.3 Å². The minimum absolute atomic E-state index is 0.231. The van der Waals surface area contributed by atoms with E-state index in [2.05, 4.69) is 10.1 Å². The summed E-state index contributed by atoms with van der Waals surface area (Å²) < 4.78 is 51.2. The molecule has 0 aliphatic rings. The Kier molecular flexibility index (Phi) is 7.83. The van der Waals surface area contributed by atoms with Gasteiger partial charge in [0.1, 0.15) is 11.5 Å². The lowest BCUT2D eigenvalue weighted by Gasteiger charge is -2.18. The Balaban J connectivity index is 1.85. The Morgan fingerprint density at radius 3 is 2.00 bits per heavy atom. The van der Waals surface area contributed by atoms with Gasteiger partial charge in [-0.1, -0.05) is 48.5 Å². The second-order valence-electron chi connectivity index (χ2n) is 6.53. The van der Waals surface area contributed by atoms with E-state index in [0.29, 0.717) is 17.2 Å². The molecule has 0 unspecified atom stereocenters. The van der Waals surface area contributed by atoms with Crippen LogP contribution in [0, 0.1) is 0 Å². The zero-order valence-electron chi connectivity index (χ0n) is 17.1. The highest BCUT2D eigenvalue weighted by atomic mass is 32.2. The molecule has 0 aliphatic heterocycles. The smallest absolute Gasteiger partial charge is 0.425 e. The SMILES string of the molecule is COC(=O)/C(=C(\Nc1ccc(Oc2ccccc2)cc1)SCc1ccccc1)C(F)(F)F. The molecule has 8 heteroatoms. The molecule has 0 aromatic heterocycles. The number of benzene rings is 3. The number of ether oxygens (including phenoxy) is 2. The van der Waals surface area contributed by atoms with Crippen LogP contribution in [0.1, 0.15) is 5.56 Å². The van der Waals surface area contributed by atoms with Crippen LogP contribution in [0.25, 0.3) is 0 Å². The maximum Gasteiger partial charge on any atom is 0.425 e. The average Bonchev–Trinajstić information content (AvgIpc) is 2.79. The summed E-state index contributed by atoms with van der Waals surface area (Å²) in [4.78, 5) is 12.0. The number of rotatable bonds is 8. The van der Waals surface area contributed by atoms with E-state index in [9.17, 15) is 18.0 Å². The van der Waals surface area contributed by atoms with Crippen molar-refractivity contribution in [3.8, 4) is 11.5 Å². The molecule has 1 N–H and O–H groups in total. The topological polar surface area (TPSA) is 47.6 Å². The van der Waals surface area contributed by atoms with Crippen molar-refractivity contribution in [3.05, 3.63) is 101 Å². The molecule has 0 heterocycles. The van der Waals surface area contributed by atoms with Crippen molar-refractivity contribution in [2.24, 2.45) is 0 Å². The summed E-state index contributed by atoms with van der Waals surface area (Å²) in [7, 11) is 0.920. The molecule has 0 saturated carbocycles. The van der Waals surface area contributed by atoms with Crippen LogP contribution in [0.2, 0.25) is 0 Å². The van der Waals surface area contributed by atoms with Gasteiger partial charge < -0.3 is 14.8 Å². The number of hydrogen-bond acceptors (Lipinski definition) is 5. The van der Waals surface area contributed by atoms with Crippen LogP contribution in [0.4, 0.5) is 18.9 Å². The number of methoxy groups -OCH3 is 1. The molecule has 0 aliphatic carbocycles. The number of alkyl halides is 3. The summed E-state index contributed by atoms with van der Waals surface area (Å²) in [5.74, 6) is -0.0651. The molecule has 0 spiro atoms. The monoisotopic (exact) mass is 459 g/mol. The first kappa shape index (κ1) is 23.3. The number of anilines is 1. The third kappa shape index (κ3) is 6.55. The molecule has 0 saturated heterocycles. The van der Waals surface area contributed by atoms with Gasteiger partial charge in [0.25, 0.3) is 0 Å². The lowest BCUT2D eigenvalue weighted by atomic mass is 10.2. The molecular weight excluding hydrogens is 439 g/mol. The van der Waals surface area contributed by atoms with Crippen LogP contribution in [0.3, 0.4) is 0 Å². The van der Waals surface area contributed by atoms with E-state index in [1.165, 1.54) is 0 Å². The third-order valence-electron chi connectivity index (χ3n) is 4.22. The van der Waals surface area contributed by atoms with Gasteiger partial charge in [0.15, 0.2) is 5.57 Å². The number of halogens is 3. The fourth-order valence-electron chi connectivity index (χ4n) is 2.70. The van der Waals surface area contributed by atoms with Crippen LogP contribution in [-0.2, 0) is 15.3 Å². The molecule has 3 aromatic carbocycles. The van der Waals surface area contributed by atoms with Crippen molar-refractivity contribution in [1.82, 2.24) is 0 Å². The average molecular weight is 459 g/mol. The molecule has 32 heavy (non-hydrogen) atoms. The number of nitrogens with one attached hydrogen (secondary N) is 1. The van der Waals surface area contributed by atoms with E-state index in [1.807, 2.05) is 24.3 Å². The van der Waals surface area contributed by atoms with Gasteiger partial charge in [0.05, 0.1) is 12.1 Å². The Hall–Kier alpha value is -3.39. The summed E-state index contributed by atoms with van der Waals surface area (Å²) in [6, 6.07) is 24.5. The maximum atomic E-state index is 13.7. The van der Waals surface area contributed by atoms with Crippen molar-refractivity contribution in [2.45, 2.75) is 11.9 Å². The van der Waals surface area contributed by atoms with Crippen molar-refractivity contribution in [2.75, 3.05) is 12.4 Å². The van der Waals surface area contributed by atoms with Crippen molar-refractivity contribution in [3.63, 3.8) is 0 Å². The number of thioether (sulfide) groups is 1. The van der Waals surface area contributed by atoms with Crippen LogP contribution >= 0.6 is 11.8 Å². The standard InChI is InChI=1S/C24H20F3NO3S/c1-30-23(29)21(24(25,26)27)22(32-16-17-8-4-2-5-9-17)28-18-12-14-20(15-13-18)31-19-10-6-3-7-11-19/h2-15,28H,16H2,1H3/b22-21-. The highest BCUT2D eigenvalue weighted by Gasteiger charge is 2.42. The molecule has 3 aromatic rings. The fourth-order valence-corrected chi connectivity index (χ4v) is 3.74. The number of hydrogen-bond donors (Lipinski definition) is 1. The summed E-state index contributed by atoms with van der Waals surface area (Å²) in [6.45, 7) is 0. The molecule has 3 rings (SSSR count). The maximum absolute atomic E-state index is 13.7. The largest absolute Gasteiger partial charge is 0.465 e. The summed E-state index contributed by atoms with van der Waals surface area (Å²) in [5.41, 5.74) is -0.202.